The van der Waals surface area contributed by atoms with Gasteiger partial charge in [-0.3, -0.25) is 4.79 Å². The molecule has 0 aliphatic rings. The van der Waals surface area contributed by atoms with Crippen molar-refractivity contribution in [1.82, 2.24) is 0 Å². The van der Waals surface area contributed by atoms with Gasteiger partial charge in [-0.25, -0.2) is 8.42 Å². The van der Waals surface area contributed by atoms with E-state index in [1.54, 1.807) is 0 Å². The molecule has 4 nitrogen and oxygen atoms in total. The van der Waals surface area contributed by atoms with Gasteiger partial charge in [0, 0.05) is 17.1 Å². The van der Waals surface area contributed by atoms with Gasteiger partial charge in [0.1, 0.15) is 0 Å². The summed E-state index contributed by atoms with van der Waals surface area (Å²) in [5.41, 5.74) is 0. The number of hydrogen-bond acceptors (Lipinski definition) is 3. The van der Waals surface area contributed by atoms with Gasteiger partial charge in [0.05, 0.1) is 5.75 Å². The largest absolute Gasteiger partial charge is 0.481 e. The summed E-state index contributed by atoms with van der Waals surface area (Å²) in [6.45, 7) is 1.52. The first kappa shape index (κ1) is 10.7. The molecule has 1 N–H and O–H groups in total. The highest BCUT2D eigenvalue weighted by Crippen LogP contribution is 2.08. The molecule has 0 saturated carbocycles. The van der Waals surface area contributed by atoms with Crippen LogP contribution in [0.15, 0.2) is 0 Å². The van der Waals surface area contributed by atoms with E-state index in [9.17, 15) is 13.2 Å². The molecule has 0 spiro atoms. The van der Waals surface area contributed by atoms with Crippen molar-refractivity contribution in [3.05, 3.63) is 0 Å². The lowest BCUT2D eigenvalue weighted by atomic mass is 10.1. The summed E-state index contributed by atoms with van der Waals surface area (Å²) in [7, 11) is 1.33. The van der Waals surface area contributed by atoms with Gasteiger partial charge in [-0.2, -0.15) is 0 Å². The summed E-state index contributed by atoms with van der Waals surface area (Å²) in [6.07, 6.45) is -0.175. The van der Waals surface area contributed by atoms with Crippen molar-refractivity contribution in [2.24, 2.45) is 5.92 Å². The Morgan fingerprint density at radius 1 is 1.64 bits per heavy atom. The van der Waals surface area contributed by atoms with Crippen molar-refractivity contribution < 1.29 is 18.3 Å². The molecule has 0 bridgehead atoms. The molecule has 0 radical (unpaired) electrons. The van der Waals surface area contributed by atoms with Crippen LogP contribution >= 0.6 is 10.7 Å². The number of aliphatic carboxylic acids is 1. The molecule has 0 amide bonds. The van der Waals surface area contributed by atoms with E-state index in [-0.39, 0.29) is 12.2 Å². The van der Waals surface area contributed by atoms with Crippen LogP contribution in [0.5, 0.6) is 0 Å². The Hall–Kier alpha value is -0.290. The molecule has 11 heavy (non-hydrogen) atoms. The summed E-state index contributed by atoms with van der Waals surface area (Å²) < 4.78 is 20.8. The minimum Gasteiger partial charge on any atom is -0.481 e. The molecule has 0 rings (SSSR count). The monoisotopic (exact) mass is 200 g/mol. The number of carboxylic acid groups (broad SMARTS) is 1. The fraction of sp³-hybridized carbons (Fsp3) is 0.800. The maximum absolute atomic E-state index is 10.4. The molecular formula is C5H9ClO4S. The molecular weight excluding hydrogens is 192 g/mol. The molecule has 0 aromatic heterocycles. The summed E-state index contributed by atoms with van der Waals surface area (Å²) in [6, 6.07) is 0. The minimum absolute atomic E-state index is 0.175. The molecule has 0 aliphatic heterocycles. The highest BCUT2D eigenvalue weighted by molar-refractivity contribution is 8.13. The van der Waals surface area contributed by atoms with Gasteiger partial charge in [0.2, 0.25) is 9.05 Å². The molecule has 0 aromatic carbocycles. The summed E-state index contributed by atoms with van der Waals surface area (Å²) in [5, 5.41) is 8.24. The van der Waals surface area contributed by atoms with Crippen LogP contribution in [0.4, 0.5) is 0 Å². The lowest BCUT2D eigenvalue weighted by Crippen LogP contribution is -2.12. The van der Waals surface area contributed by atoms with E-state index in [4.69, 9.17) is 15.8 Å². The van der Waals surface area contributed by atoms with Crippen LogP contribution in [0.1, 0.15) is 13.3 Å². The first-order valence-corrected chi connectivity index (χ1v) is 5.43. The van der Waals surface area contributed by atoms with Crippen LogP contribution in [-0.2, 0) is 13.8 Å². The SMILES string of the molecule is CC(CC(=O)O)CS(=O)(=O)Cl. The average molecular weight is 201 g/mol. The van der Waals surface area contributed by atoms with Gasteiger partial charge >= 0.3 is 5.97 Å². The zero-order valence-electron chi connectivity index (χ0n) is 5.95. The van der Waals surface area contributed by atoms with E-state index in [1.165, 1.54) is 6.92 Å². The van der Waals surface area contributed by atoms with E-state index < -0.39 is 20.9 Å². The Labute approximate surface area is 69.6 Å². The number of rotatable bonds is 4. The smallest absolute Gasteiger partial charge is 0.303 e. The highest BCUT2D eigenvalue weighted by Gasteiger charge is 2.14. The van der Waals surface area contributed by atoms with E-state index in [0.717, 1.165) is 0 Å². The van der Waals surface area contributed by atoms with Crippen LogP contribution in [0.25, 0.3) is 0 Å². The lowest BCUT2D eigenvalue weighted by Gasteiger charge is -2.03. The Kier molecular flexibility index (Phi) is 3.82. The van der Waals surface area contributed by atoms with E-state index in [0.29, 0.717) is 0 Å². The number of carboxylic acids is 1. The van der Waals surface area contributed by atoms with Crippen molar-refractivity contribution in [1.29, 1.82) is 0 Å². The third kappa shape index (κ3) is 7.61. The lowest BCUT2D eigenvalue weighted by molar-refractivity contribution is -0.137. The molecule has 1 atom stereocenters. The van der Waals surface area contributed by atoms with Gasteiger partial charge in [-0.15, -0.1) is 0 Å². The molecule has 0 heterocycles. The Morgan fingerprint density at radius 3 is 2.36 bits per heavy atom. The summed E-state index contributed by atoms with van der Waals surface area (Å²) in [4.78, 5) is 10.1. The second-order valence-electron chi connectivity index (χ2n) is 2.41. The molecule has 0 aliphatic carbocycles. The normalized spacial score (nSPS) is 14.4. The van der Waals surface area contributed by atoms with Gasteiger partial charge in [0.15, 0.2) is 0 Å². The second kappa shape index (κ2) is 3.92. The maximum Gasteiger partial charge on any atom is 0.303 e. The topological polar surface area (TPSA) is 71.4 Å². The molecule has 0 aromatic rings. The van der Waals surface area contributed by atoms with Crippen LogP contribution in [0.3, 0.4) is 0 Å². The van der Waals surface area contributed by atoms with Crippen LogP contribution in [-0.4, -0.2) is 25.2 Å². The fourth-order valence-electron chi connectivity index (χ4n) is 0.697. The Bertz CT molecular complexity index is 233. The van der Waals surface area contributed by atoms with Gasteiger partial charge in [0.25, 0.3) is 0 Å². The first-order valence-electron chi connectivity index (χ1n) is 2.95. The summed E-state index contributed by atoms with van der Waals surface area (Å²) in [5.74, 6) is -1.74. The number of halogens is 1. The number of carbonyl (C=O) groups is 1. The van der Waals surface area contributed by atoms with E-state index in [1.807, 2.05) is 0 Å². The summed E-state index contributed by atoms with van der Waals surface area (Å²) >= 11 is 0. The standard InChI is InChI=1S/C5H9ClO4S/c1-4(2-5(7)8)3-11(6,9)10/h4H,2-3H2,1H3,(H,7,8). The quantitative estimate of drug-likeness (QED) is 0.677. The Morgan fingerprint density at radius 2 is 2.09 bits per heavy atom. The molecule has 0 saturated heterocycles. The van der Waals surface area contributed by atoms with Crippen molar-refractivity contribution in [3.63, 3.8) is 0 Å². The predicted molar refractivity (Wildman–Crippen MR) is 41.1 cm³/mol. The molecule has 1 unspecified atom stereocenters. The highest BCUT2D eigenvalue weighted by atomic mass is 35.7. The van der Waals surface area contributed by atoms with Crippen molar-refractivity contribution in [3.8, 4) is 0 Å². The average Bonchev–Trinajstić information content (AvgIpc) is 1.53. The van der Waals surface area contributed by atoms with Crippen molar-refractivity contribution in [2.75, 3.05) is 5.75 Å². The van der Waals surface area contributed by atoms with Crippen LogP contribution in [0.2, 0.25) is 0 Å². The molecule has 0 fully saturated rings. The van der Waals surface area contributed by atoms with Gasteiger partial charge in [-0.05, 0) is 5.92 Å². The van der Waals surface area contributed by atoms with E-state index in [2.05, 4.69) is 0 Å². The van der Waals surface area contributed by atoms with Gasteiger partial charge < -0.3 is 5.11 Å². The van der Waals surface area contributed by atoms with E-state index >= 15 is 0 Å². The zero-order chi connectivity index (χ0) is 9.07. The molecule has 6 heteroatoms. The predicted octanol–water partition coefficient (Wildman–Crippen LogP) is 0.666. The Balaban J connectivity index is 3.89. The molecule has 66 valence electrons. The third-order valence-electron chi connectivity index (χ3n) is 1.01. The second-order valence-corrected chi connectivity index (χ2v) is 5.23. The maximum atomic E-state index is 10.4. The fourth-order valence-corrected chi connectivity index (χ4v) is 2.14. The van der Waals surface area contributed by atoms with Crippen LogP contribution in [0, 0.1) is 5.92 Å². The van der Waals surface area contributed by atoms with Gasteiger partial charge in [-0.1, -0.05) is 6.92 Å². The first-order chi connectivity index (χ1) is 4.81. The van der Waals surface area contributed by atoms with Crippen molar-refractivity contribution >= 4 is 25.7 Å². The third-order valence-corrected chi connectivity index (χ3v) is 2.35. The van der Waals surface area contributed by atoms with Crippen molar-refractivity contribution in [2.45, 2.75) is 13.3 Å². The number of hydrogen-bond donors (Lipinski definition) is 1. The minimum atomic E-state index is -3.56. The zero-order valence-corrected chi connectivity index (χ0v) is 7.52. The van der Waals surface area contributed by atoms with Crippen LogP contribution < -0.4 is 0 Å².